The van der Waals surface area contributed by atoms with Gasteiger partial charge in [-0.05, 0) is 42.2 Å². The normalized spacial score (nSPS) is 14.6. The Morgan fingerprint density at radius 1 is 1.09 bits per heavy atom. The van der Waals surface area contributed by atoms with Gasteiger partial charge in [0, 0.05) is 23.8 Å². The van der Waals surface area contributed by atoms with Crippen LogP contribution in [0.3, 0.4) is 0 Å². The van der Waals surface area contributed by atoms with Crippen molar-refractivity contribution in [3.8, 4) is 17.1 Å². The Balaban J connectivity index is 1.54. The van der Waals surface area contributed by atoms with E-state index < -0.39 is 16.9 Å². The van der Waals surface area contributed by atoms with Crippen LogP contribution in [0.5, 0.6) is 5.75 Å². The highest BCUT2D eigenvalue weighted by Crippen LogP contribution is 2.36. The standard InChI is InChI=1S/C36H31N3O7S/c1-5-45-35(41)31-32(23-9-7-6-8-10-23)37-36-38(33(31)24-13-11-22(12-14-24)21(2)3)34(40)30(47-36)20-26-16-18-29(46-26)27-19-25(39(42)43)15-17-28(27)44-4/h6-21,33H,5H2,1-4H3/b30-20-/t33-/m1/s1. The third-order valence-electron chi connectivity index (χ3n) is 7.85. The number of hydrogen-bond donors (Lipinski definition) is 0. The molecule has 0 N–H and O–H groups in total. The van der Waals surface area contributed by atoms with Crippen LogP contribution in [0.25, 0.3) is 23.1 Å². The summed E-state index contributed by atoms with van der Waals surface area (Å²) >= 11 is 1.18. The van der Waals surface area contributed by atoms with Crippen LogP contribution < -0.4 is 19.6 Å². The average molecular weight is 650 g/mol. The Labute approximate surface area is 273 Å². The van der Waals surface area contributed by atoms with Gasteiger partial charge >= 0.3 is 5.97 Å². The van der Waals surface area contributed by atoms with E-state index in [9.17, 15) is 19.7 Å². The first kappa shape index (κ1) is 31.4. The number of rotatable bonds is 9. The number of methoxy groups -OCH3 is 1. The largest absolute Gasteiger partial charge is 0.496 e. The summed E-state index contributed by atoms with van der Waals surface area (Å²) in [6.07, 6.45) is 1.60. The zero-order valence-corrected chi connectivity index (χ0v) is 26.9. The highest BCUT2D eigenvalue weighted by atomic mass is 32.1. The van der Waals surface area contributed by atoms with Gasteiger partial charge in [-0.15, -0.1) is 0 Å². The van der Waals surface area contributed by atoms with Crippen LogP contribution in [-0.4, -0.2) is 29.2 Å². The van der Waals surface area contributed by atoms with Crippen LogP contribution >= 0.6 is 11.3 Å². The minimum atomic E-state index is -0.801. The predicted molar refractivity (Wildman–Crippen MR) is 179 cm³/mol. The molecule has 238 valence electrons. The molecule has 3 heterocycles. The summed E-state index contributed by atoms with van der Waals surface area (Å²) in [4.78, 5) is 44.1. The van der Waals surface area contributed by atoms with E-state index in [1.54, 1.807) is 25.1 Å². The molecule has 0 spiro atoms. The molecule has 0 aliphatic carbocycles. The van der Waals surface area contributed by atoms with Crippen molar-refractivity contribution in [2.24, 2.45) is 4.99 Å². The van der Waals surface area contributed by atoms with Crippen LogP contribution in [-0.2, 0) is 9.53 Å². The summed E-state index contributed by atoms with van der Waals surface area (Å²) < 4.78 is 18.9. The van der Waals surface area contributed by atoms with E-state index in [1.165, 1.54) is 41.2 Å². The van der Waals surface area contributed by atoms with Crippen LogP contribution in [0.15, 0.2) is 105 Å². The van der Waals surface area contributed by atoms with E-state index in [2.05, 4.69) is 13.8 Å². The number of nitro benzene ring substituents is 1. The van der Waals surface area contributed by atoms with Crippen LogP contribution in [0.2, 0.25) is 0 Å². The molecule has 10 nitrogen and oxygen atoms in total. The number of thiazole rings is 1. The van der Waals surface area contributed by atoms with Gasteiger partial charge in [0.25, 0.3) is 11.2 Å². The second-order valence-electron chi connectivity index (χ2n) is 11.1. The number of nitro groups is 1. The molecule has 11 heteroatoms. The Morgan fingerprint density at radius 2 is 1.83 bits per heavy atom. The van der Waals surface area contributed by atoms with Gasteiger partial charge < -0.3 is 13.9 Å². The number of aromatic nitrogens is 1. The minimum Gasteiger partial charge on any atom is -0.496 e. The van der Waals surface area contributed by atoms with Crippen LogP contribution in [0.1, 0.15) is 55.2 Å². The number of furan rings is 1. The molecule has 47 heavy (non-hydrogen) atoms. The molecule has 0 amide bonds. The number of carbonyl (C=O) groups is 1. The number of non-ortho nitro benzene ring substituents is 1. The molecule has 0 unspecified atom stereocenters. The van der Waals surface area contributed by atoms with Gasteiger partial charge in [0.2, 0.25) is 0 Å². The molecular formula is C36H31N3O7S. The summed E-state index contributed by atoms with van der Waals surface area (Å²) in [7, 11) is 1.47. The first-order valence-electron chi connectivity index (χ1n) is 15.0. The average Bonchev–Trinajstić information content (AvgIpc) is 3.67. The maximum absolute atomic E-state index is 14.2. The highest BCUT2D eigenvalue weighted by Gasteiger charge is 2.35. The molecule has 1 aliphatic heterocycles. The van der Waals surface area contributed by atoms with Crippen molar-refractivity contribution in [1.29, 1.82) is 0 Å². The first-order valence-corrected chi connectivity index (χ1v) is 15.8. The number of carbonyl (C=O) groups excluding carboxylic acids is 1. The van der Waals surface area contributed by atoms with Gasteiger partial charge in [0.15, 0.2) is 4.80 Å². The summed E-state index contributed by atoms with van der Waals surface area (Å²) in [6, 6.07) is 24.0. The SMILES string of the molecule is CCOC(=O)C1=C(c2ccccc2)N=c2s/c(=C\c3ccc(-c4cc([N+](=O)[O-])ccc4OC)o3)c(=O)n2[C@@H]1c1ccc(C(C)C)cc1. The van der Waals surface area contributed by atoms with Crippen molar-refractivity contribution in [1.82, 2.24) is 4.57 Å². The molecule has 5 aromatic rings. The van der Waals surface area contributed by atoms with Gasteiger partial charge in [-0.1, -0.05) is 79.8 Å². The minimum absolute atomic E-state index is 0.111. The van der Waals surface area contributed by atoms with E-state index in [1.807, 2.05) is 54.6 Å². The summed E-state index contributed by atoms with van der Waals surface area (Å²) in [5.74, 6) is 0.836. The quantitative estimate of drug-likeness (QED) is 0.105. The molecule has 0 bridgehead atoms. The summed E-state index contributed by atoms with van der Waals surface area (Å²) in [6.45, 7) is 6.10. The van der Waals surface area contributed by atoms with Crippen molar-refractivity contribution < 1.29 is 23.6 Å². The molecule has 1 atom stereocenters. The van der Waals surface area contributed by atoms with Gasteiger partial charge in [-0.25, -0.2) is 9.79 Å². The Kier molecular flexibility index (Phi) is 8.73. The molecule has 0 fully saturated rings. The van der Waals surface area contributed by atoms with Gasteiger partial charge in [-0.3, -0.25) is 19.5 Å². The molecule has 6 rings (SSSR count). The second-order valence-corrected chi connectivity index (χ2v) is 12.1. The lowest BCUT2D eigenvalue weighted by Crippen LogP contribution is -2.40. The molecule has 3 aromatic carbocycles. The van der Waals surface area contributed by atoms with Gasteiger partial charge in [0.1, 0.15) is 17.3 Å². The molecule has 0 radical (unpaired) electrons. The van der Waals surface area contributed by atoms with E-state index in [4.69, 9.17) is 18.9 Å². The monoisotopic (exact) mass is 649 g/mol. The summed E-state index contributed by atoms with van der Waals surface area (Å²) in [5, 5.41) is 11.4. The fraction of sp³-hybridized carbons (Fsp3) is 0.194. The van der Waals surface area contributed by atoms with Crippen LogP contribution in [0, 0.1) is 10.1 Å². The number of esters is 1. The predicted octanol–water partition coefficient (Wildman–Crippen LogP) is 6.24. The molecule has 0 saturated carbocycles. The van der Waals surface area contributed by atoms with Crippen molar-refractivity contribution in [3.05, 3.63) is 143 Å². The molecular weight excluding hydrogens is 618 g/mol. The van der Waals surface area contributed by atoms with Crippen molar-refractivity contribution in [2.75, 3.05) is 13.7 Å². The highest BCUT2D eigenvalue weighted by molar-refractivity contribution is 7.07. The zero-order valence-electron chi connectivity index (χ0n) is 26.1. The Bertz CT molecular complexity index is 2190. The fourth-order valence-electron chi connectivity index (χ4n) is 5.53. The lowest BCUT2D eigenvalue weighted by molar-refractivity contribution is -0.384. The molecule has 2 aromatic heterocycles. The van der Waals surface area contributed by atoms with E-state index in [-0.39, 0.29) is 23.4 Å². The second kappa shape index (κ2) is 13.1. The van der Waals surface area contributed by atoms with E-state index in [0.717, 1.165) is 16.7 Å². The van der Waals surface area contributed by atoms with E-state index >= 15 is 0 Å². The van der Waals surface area contributed by atoms with Gasteiger partial charge in [0.05, 0.1) is 46.0 Å². The maximum atomic E-state index is 14.2. The first-order chi connectivity index (χ1) is 22.7. The number of nitrogens with zero attached hydrogens (tertiary/aromatic N) is 3. The Hall–Kier alpha value is -5.55. The van der Waals surface area contributed by atoms with Gasteiger partial charge in [-0.2, -0.15) is 0 Å². The fourth-order valence-corrected chi connectivity index (χ4v) is 6.51. The lowest BCUT2D eigenvalue weighted by atomic mass is 9.91. The van der Waals surface area contributed by atoms with E-state index in [0.29, 0.717) is 43.8 Å². The lowest BCUT2D eigenvalue weighted by Gasteiger charge is -2.26. The number of fused-ring (bicyclic) bond motifs is 1. The maximum Gasteiger partial charge on any atom is 0.338 e. The molecule has 1 aliphatic rings. The molecule has 0 saturated heterocycles. The number of ether oxygens (including phenoxy) is 2. The Morgan fingerprint density at radius 3 is 2.49 bits per heavy atom. The van der Waals surface area contributed by atoms with Crippen molar-refractivity contribution in [3.63, 3.8) is 0 Å². The topological polar surface area (TPSA) is 126 Å². The number of hydrogen-bond acceptors (Lipinski definition) is 9. The van der Waals surface area contributed by atoms with Crippen LogP contribution in [0.4, 0.5) is 5.69 Å². The van der Waals surface area contributed by atoms with Crippen molar-refractivity contribution >= 4 is 34.8 Å². The third kappa shape index (κ3) is 6.05. The third-order valence-corrected chi connectivity index (χ3v) is 8.83. The number of benzene rings is 3. The van der Waals surface area contributed by atoms with Crippen molar-refractivity contribution in [2.45, 2.75) is 32.7 Å². The smallest absolute Gasteiger partial charge is 0.338 e. The zero-order chi connectivity index (χ0) is 33.2. The summed E-state index contributed by atoms with van der Waals surface area (Å²) in [5.41, 5.74) is 3.23.